The molecule has 0 aliphatic rings. The number of hydrogen-bond acceptors (Lipinski definition) is 4. The molecule has 102 valence electrons. The van der Waals surface area contributed by atoms with Crippen molar-refractivity contribution >= 4 is 5.69 Å². The standard InChI is InChI=1S/C14H24N2O2/c1-3-18-14-7-6-12(9-13(14)15)5-4-8-16-10-11(2)17/h6-7,9,11,16-17H,3-5,8,10,15H2,1-2H3. The number of nitrogens with one attached hydrogen (secondary N) is 1. The van der Waals surface area contributed by atoms with Crippen molar-refractivity contribution in [3.05, 3.63) is 23.8 Å². The van der Waals surface area contributed by atoms with Crippen molar-refractivity contribution in [3.63, 3.8) is 0 Å². The van der Waals surface area contributed by atoms with Gasteiger partial charge >= 0.3 is 0 Å². The van der Waals surface area contributed by atoms with E-state index >= 15 is 0 Å². The highest BCUT2D eigenvalue weighted by atomic mass is 16.5. The Kier molecular flexibility index (Phi) is 6.54. The van der Waals surface area contributed by atoms with Gasteiger partial charge in [0, 0.05) is 6.54 Å². The van der Waals surface area contributed by atoms with Gasteiger partial charge in [0.15, 0.2) is 0 Å². The number of anilines is 1. The zero-order valence-electron chi connectivity index (χ0n) is 11.3. The molecule has 0 aromatic heterocycles. The number of ether oxygens (including phenoxy) is 1. The molecule has 0 fully saturated rings. The molecule has 18 heavy (non-hydrogen) atoms. The molecule has 0 aliphatic heterocycles. The maximum atomic E-state index is 9.09. The van der Waals surface area contributed by atoms with E-state index in [-0.39, 0.29) is 6.10 Å². The summed E-state index contributed by atoms with van der Waals surface area (Å²) in [5.41, 5.74) is 7.82. The first-order valence-corrected chi connectivity index (χ1v) is 6.53. The summed E-state index contributed by atoms with van der Waals surface area (Å²) < 4.78 is 5.40. The van der Waals surface area contributed by atoms with Gasteiger partial charge in [0.1, 0.15) is 5.75 Å². The molecule has 0 amide bonds. The van der Waals surface area contributed by atoms with Crippen LogP contribution in [0.4, 0.5) is 5.69 Å². The van der Waals surface area contributed by atoms with Gasteiger partial charge in [-0.05, 0) is 50.9 Å². The zero-order chi connectivity index (χ0) is 13.4. The molecule has 1 aromatic rings. The lowest BCUT2D eigenvalue weighted by atomic mass is 10.1. The number of aryl methyl sites for hydroxylation is 1. The number of rotatable bonds is 8. The second kappa shape index (κ2) is 7.95. The smallest absolute Gasteiger partial charge is 0.142 e. The third kappa shape index (κ3) is 5.38. The predicted octanol–water partition coefficient (Wildman–Crippen LogP) is 1.57. The van der Waals surface area contributed by atoms with Gasteiger partial charge in [-0.15, -0.1) is 0 Å². The summed E-state index contributed by atoms with van der Waals surface area (Å²) in [5, 5.41) is 12.3. The van der Waals surface area contributed by atoms with E-state index in [0.29, 0.717) is 18.8 Å². The van der Waals surface area contributed by atoms with Crippen molar-refractivity contribution in [2.45, 2.75) is 32.8 Å². The maximum absolute atomic E-state index is 9.09. The van der Waals surface area contributed by atoms with Crippen molar-refractivity contribution in [3.8, 4) is 5.75 Å². The van der Waals surface area contributed by atoms with Gasteiger partial charge in [0.2, 0.25) is 0 Å². The van der Waals surface area contributed by atoms with Crippen LogP contribution >= 0.6 is 0 Å². The van der Waals surface area contributed by atoms with Gasteiger partial charge in [0.05, 0.1) is 18.4 Å². The summed E-state index contributed by atoms with van der Waals surface area (Å²) in [5.74, 6) is 0.758. The fraction of sp³-hybridized carbons (Fsp3) is 0.571. The van der Waals surface area contributed by atoms with Gasteiger partial charge in [0.25, 0.3) is 0 Å². The molecule has 4 nitrogen and oxygen atoms in total. The molecular weight excluding hydrogens is 228 g/mol. The summed E-state index contributed by atoms with van der Waals surface area (Å²) in [7, 11) is 0. The van der Waals surface area contributed by atoms with Crippen molar-refractivity contribution in [2.75, 3.05) is 25.4 Å². The molecule has 0 aliphatic carbocycles. The second-order valence-electron chi connectivity index (χ2n) is 4.46. The average Bonchev–Trinajstić information content (AvgIpc) is 2.32. The third-order valence-corrected chi connectivity index (χ3v) is 2.63. The highest BCUT2D eigenvalue weighted by molar-refractivity contribution is 5.54. The highest BCUT2D eigenvalue weighted by Crippen LogP contribution is 2.22. The van der Waals surface area contributed by atoms with Gasteiger partial charge in [-0.1, -0.05) is 6.07 Å². The third-order valence-electron chi connectivity index (χ3n) is 2.63. The fourth-order valence-electron chi connectivity index (χ4n) is 1.77. The normalized spacial score (nSPS) is 12.4. The van der Waals surface area contributed by atoms with E-state index in [0.717, 1.165) is 25.1 Å². The molecule has 1 atom stereocenters. The molecule has 0 heterocycles. The van der Waals surface area contributed by atoms with E-state index in [9.17, 15) is 0 Å². The van der Waals surface area contributed by atoms with Gasteiger partial charge in [-0.2, -0.15) is 0 Å². The number of nitrogen functional groups attached to an aromatic ring is 1. The average molecular weight is 252 g/mol. The topological polar surface area (TPSA) is 67.5 Å². The van der Waals surface area contributed by atoms with E-state index < -0.39 is 0 Å². The molecular formula is C14H24N2O2. The van der Waals surface area contributed by atoms with Crippen LogP contribution < -0.4 is 15.8 Å². The van der Waals surface area contributed by atoms with Crippen LogP contribution in [0.25, 0.3) is 0 Å². The van der Waals surface area contributed by atoms with Crippen LogP contribution in [-0.4, -0.2) is 30.9 Å². The quantitative estimate of drug-likeness (QED) is 0.485. The lowest BCUT2D eigenvalue weighted by Gasteiger charge is -2.09. The largest absolute Gasteiger partial charge is 0.492 e. The van der Waals surface area contributed by atoms with Crippen LogP contribution in [0.5, 0.6) is 5.75 Å². The van der Waals surface area contributed by atoms with Crippen LogP contribution in [0.15, 0.2) is 18.2 Å². The van der Waals surface area contributed by atoms with Gasteiger partial charge in [-0.25, -0.2) is 0 Å². The summed E-state index contributed by atoms with van der Waals surface area (Å²) >= 11 is 0. The summed E-state index contributed by atoms with van der Waals surface area (Å²) in [6.45, 7) is 5.90. The molecule has 0 bridgehead atoms. The minimum atomic E-state index is -0.286. The van der Waals surface area contributed by atoms with Gasteiger partial charge in [-0.3, -0.25) is 0 Å². The number of nitrogens with two attached hydrogens (primary N) is 1. The van der Waals surface area contributed by atoms with Gasteiger partial charge < -0.3 is 20.9 Å². The van der Waals surface area contributed by atoms with Crippen LogP contribution in [0.3, 0.4) is 0 Å². The Hall–Kier alpha value is -1.26. The van der Waals surface area contributed by atoms with Crippen molar-refractivity contribution in [2.24, 2.45) is 0 Å². The molecule has 4 N–H and O–H groups in total. The number of hydrogen-bond donors (Lipinski definition) is 3. The molecule has 0 saturated heterocycles. The minimum Gasteiger partial charge on any atom is -0.492 e. The van der Waals surface area contributed by atoms with E-state index in [1.165, 1.54) is 5.56 Å². The summed E-state index contributed by atoms with van der Waals surface area (Å²) in [6.07, 6.45) is 1.72. The first-order chi connectivity index (χ1) is 8.63. The molecule has 0 saturated carbocycles. The van der Waals surface area contributed by atoms with Crippen LogP contribution in [0.1, 0.15) is 25.8 Å². The molecule has 1 unspecified atom stereocenters. The van der Waals surface area contributed by atoms with E-state index in [1.54, 1.807) is 6.92 Å². The first-order valence-electron chi connectivity index (χ1n) is 6.53. The summed E-state index contributed by atoms with van der Waals surface area (Å²) in [6, 6.07) is 5.95. The van der Waals surface area contributed by atoms with E-state index in [2.05, 4.69) is 11.4 Å². The number of aliphatic hydroxyl groups is 1. The number of aliphatic hydroxyl groups excluding tert-OH is 1. The fourth-order valence-corrected chi connectivity index (χ4v) is 1.77. The highest BCUT2D eigenvalue weighted by Gasteiger charge is 2.01. The lowest BCUT2D eigenvalue weighted by molar-refractivity contribution is 0.191. The summed E-state index contributed by atoms with van der Waals surface area (Å²) in [4.78, 5) is 0. The second-order valence-corrected chi connectivity index (χ2v) is 4.46. The molecule has 1 rings (SSSR count). The number of benzene rings is 1. The Morgan fingerprint density at radius 1 is 1.44 bits per heavy atom. The lowest BCUT2D eigenvalue weighted by Crippen LogP contribution is -2.25. The molecule has 4 heteroatoms. The van der Waals surface area contributed by atoms with Crippen molar-refractivity contribution in [1.29, 1.82) is 0 Å². The Morgan fingerprint density at radius 2 is 2.22 bits per heavy atom. The Balaban J connectivity index is 2.32. The van der Waals surface area contributed by atoms with Crippen LogP contribution in [-0.2, 0) is 6.42 Å². The Bertz CT molecular complexity index is 354. The van der Waals surface area contributed by atoms with E-state index in [4.69, 9.17) is 15.6 Å². The maximum Gasteiger partial charge on any atom is 0.142 e. The molecule has 0 spiro atoms. The molecule has 1 aromatic carbocycles. The monoisotopic (exact) mass is 252 g/mol. The predicted molar refractivity (Wildman–Crippen MR) is 74.9 cm³/mol. The Morgan fingerprint density at radius 3 is 2.83 bits per heavy atom. The van der Waals surface area contributed by atoms with E-state index in [1.807, 2.05) is 19.1 Å². The Labute approximate surface area is 109 Å². The van der Waals surface area contributed by atoms with Crippen LogP contribution in [0.2, 0.25) is 0 Å². The SMILES string of the molecule is CCOc1ccc(CCCNCC(C)O)cc1N. The first kappa shape index (κ1) is 14.8. The van der Waals surface area contributed by atoms with Crippen LogP contribution in [0, 0.1) is 0 Å². The van der Waals surface area contributed by atoms with Crippen molar-refractivity contribution < 1.29 is 9.84 Å². The zero-order valence-corrected chi connectivity index (χ0v) is 11.3. The molecule has 0 radical (unpaired) electrons. The van der Waals surface area contributed by atoms with Crippen molar-refractivity contribution in [1.82, 2.24) is 5.32 Å². The minimum absolute atomic E-state index is 0.286.